The molecule has 9 heteroatoms. The molecule has 3 atom stereocenters. The van der Waals surface area contributed by atoms with E-state index < -0.39 is 29.7 Å². The van der Waals surface area contributed by atoms with E-state index in [0.717, 1.165) is 32.1 Å². The van der Waals surface area contributed by atoms with Crippen molar-refractivity contribution in [1.29, 1.82) is 0 Å². The van der Waals surface area contributed by atoms with Crippen LogP contribution in [0.25, 0.3) is 0 Å². The van der Waals surface area contributed by atoms with Gasteiger partial charge in [-0.3, -0.25) is 9.59 Å². The molecule has 0 aliphatic heterocycles. The van der Waals surface area contributed by atoms with Crippen molar-refractivity contribution >= 4 is 17.9 Å². The molecule has 4 N–H and O–H groups in total. The Hall–Kier alpha value is -3.75. The van der Waals surface area contributed by atoms with Gasteiger partial charge in [-0.2, -0.15) is 0 Å². The van der Waals surface area contributed by atoms with E-state index in [1.807, 2.05) is 13.8 Å². The molecule has 2 rings (SSSR count). The number of phenols is 2. The van der Waals surface area contributed by atoms with E-state index >= 15 is 0 Å². The summed E-state index contributed by atoms with van der Waals surface area (Å²) < 4.78 is 5.48. The molecule has 0 saturated heterocycles. The number of unbranched alkanes of at least 4 members (excludes halogenated alkanes) is 3. The van der Waals surface area contributed by atoms with Gasteiger partial charge in [-0.15, -0.1) is 0 Å². The average Bonchev–Trinajstić information content (AvgIpc) is 2.90. The Morgan fingerprint density at radius 2 is 1.60 bits per heavy atom. The van der Waals surface area contributed by atoms with Gasteiger partial charge in [0.05, 0.1) is 0 Å². The topological polar surface area (TPSA) is 128 Å². The van der Waals surface area contributed by atoms with Gasteiger partial charge < -0.3 is 30.5 Å². The molecule has 42 heavy (non-hydrogen) atoms. The zero-order valence-corrected chi connectivity index (χ0v) is 26.0. The highest BCUT2D eigenvalue weighted by Crippen LogP contribution is 2.27. The Kier molecular flexibility index (Phi) is 13.6. The quantitative estimate of drug-likeness (QED) is 0.191. The number of phenolic OH excluding ortho intramolecular Hbond substituents is 2. The first-order valence-electron chi connectivity index (χ1n) is 15.0. The van der Waals surface area contributed by atoms with E-state index in [-0.39, 0.29) is 36.4 Å². The SMILES string of the molecule is CCCCCCN(C(=O)C(Cc1ccc(O)cc1)NC(=O)OC(C)(C)C)C(C(=O)NC(C)CCC)c1cccc(O)c1. The fourth-order valence-electron chi connectivity index (χ4n) is 4.79. The van der Waals surface area contributed by atoms with Gasteiger partial charge in [0, 0.05) is 19.0 Å². The predicted octanol–water partition coefficient (Wildman–Crippen LogP) is 5.99. The number of hydrogen-bond donors (Lipinski definition) is 4. The van der Waals surface area contributed by atoms with Crippen LogP contribution in [0.2, 0.25) is 0 Å². The Balaban J connectivity index is 2.57. The van der Waals surface area contributed by atoms with Crippen molar-refractivity contribution in [2.75, 3.05) is 6.54 Å². The third kappa shape index (κ3) is 11.6. The van der Waals surface area contributed by atoms with E-state index in [9.17, 15) is 24.6 Å². The van der Waals surface area contributed by atoms with Gasteiger partial charge >= 0.3 is 6.09 Å². The molecular formula is C33H49N3O6. The van der Waals surface area contributed by atoms with Gasteiger partial charge in [0.2, 0.25) is 11.8 Å². The summed E-state index contributed by atoms with van der Waals surface area (Å²) in [6.07, 6.45) is 4.52. The van der Waals surface area contributed by atoms with E-state index in [1.165, 1.54) is 29.2 Å². The van der Waals surface area contributed by atoms with Crippen LogP contribution in [0.15, 0.2) is 48.5 Å². The van der Waals surface area contributed by atoms with Crippen LogP contribution in [0.3, 0.4) is 0 Å². The molecule has 232 valence electrons. The van der Waals surface area contributed by atoms with Crippen LogP contribution in [0.5, 0.6) is 11.5 Å². The number of rotatable bonds is 15. The zero-order chi connectivity index (χ0) is 31.3. The Morgan fingerprint density at radius 1 is 0.905 bits per heavy atom. The minimum atomic E-state index is -1.06. The van der Waals surface area contributed by atoms with Crippen LogP contribution in [0, 0.1) is 0 Å². The first kappa shape index (κ1) is 34.5. The summed E-state index contributed by atoms with van der Waals surface area (Å²) >= 11 is 0. The monoisotopic (exact) mass is 583 g/mol. The molecule has 3 unspecified atom stereocenters. The van der Waals surface area contributed by atoms with Crippen molar-refractivity contribution in [1.82, 2.24) is 15.5 Å². The second-order valence-corrected chi connectivity index (χ2v) is 11.9. The van der Waals surface area contributed by atoms with Crippen molar-refractivity contribution < 1.29 is 29.3 Å². The van der Waals surface area contributed by atoms with Gasteiger partial charge in [0.1, 0.15) is 29.2 Å². The molecule has 0 heterocycles. The molecule has 0 saturated carbocycles. The molecule has 0 fully saturated rings. The summed E-state index contributed by atoms with van der Waals surface area (Å²) in [6.45, 7) is 11.5. The Labute approximate surface area is 250 Å². The Bertz CT molecular complexity index is 1150. The second-order valence-electron chi connectivity index (χ2n) is 11.9. The summed E-state index contributed by atoms with van der Waals surface area (Å²) in [5.41, 5.74) is 0.402. The van der Waals surface area contributed by atoms with E-state index in [1.54, 1.807) is 45.0 Å². The first-order chi connectivity index (χ1) is 19.8. The number of hydrogen-bond acceptors (Lipinski definition) is 6. The van der Waals surface area contributed by atoms with Gasteiger partial charge in [-0.05, 0) is 75.9 Å². The summed E-state index contributed by atoms with van der Waals surface area (Å²) in [5, 5.41) is 25.9. The number of carbonyl (C=O) groups excluding carboxylic acids is 3. The number of benzene rings is 2. The zero-order valence-electron chi connectivity index (χ0n) is 26.0. The molecular weight excluding hydrogens is 534 g/mol. The third-order valence-corrected chi connectivity index (χ3v) is 6.76. The Morgan fingerprint density at radius 3 is 2.19 bits per heavy atom. The lowest BCUT2D eigenvalue weighted by Crippen LogP contribution is -2.54. The largest absolute Gasteiger partial charge is 0.508 e. The maximum absolute atomic E-state index is 14.5. The summed E-state index contributed by atoms with van der Waals surface area (Å²) in [4.78, 5) is 42.8. The van der Waals surface area contributed by atoms with Crippen molar-refractivity contribution in [3.63, 3.8) is 0 Å². The molecule has 3 amide bonds. The fourth-order valence-corrected chi connectivity index (χ4v) is 4.79. The highest BCUT2D eigenvalue weighted by Gasteiger charge is 2.36. The molecule has 9 nitrogen and oxygen atoms in total. The van der Waals surface area contributed by atoms with Crippen LogP contribution in [0.4, 0.5) is 4.79 Å². The molecule has 2 aromatic rings. The van der Waals surface area contributed by atoms with Crippen molar-refractivity contribution in [2.24, 2.45) is 0 Å². The maximum Gasteiger partial charge on any atom is 0.408 e. The molecule has 0 radical (unpaired) electrons. The van der Waals surface area contributed by atoms with E-state index in [2.05, 4.69) is 17.6 Å². The number of ether oxygens (including phenoxy) is 1. The molecule has 0 spiro atoms. The van der Waals surface area contributed by atoms with Crippen LogP contribution < -0.4 is 10.6 Å². The van der Waals surface area contributed by atoms with Crippen molar-refractivity contribution in [2.45, 2.75) is 110 Å². The number of nitrogens with zero attached hydrogens (tertiary/aromatic N) is 1. The summed E-state index contributed by atoms with van der Waals surface area (Å²) in [6, 6.07) is 10.6. The van der Waals surface area contributed by atoms with Crippen LogP contribution >= 0.6 is 0 Å². The minimum absolute atomic E-state index is 0.0159. The average molecular weight is 584 g/mol. The number of aromatic hydroxyl groups is 2. The lowest BCUT2D eigenvalue weighted by molar-refractivity contribution is -0.142. The highest BCUT2D eigenvalue weighted by molar-refractivity contribution is 5.92. The molecule has 0 aliphatic carbocycles. The second kappa shape index (κ2) is 16.6. The number of alkyl carbamates (subject to hydrolysis) is 1. The van der Waals surface area contributed by atoms with Gasteiger partial charge in [-0.25, -0.2) is 4.79 Å². The van der Waals surface area contributed by atoms with Crippen LogP contribution in [0.1, 0.15) is 97.2 Å². The van der Waals surface area contributed by atoms with Crippen LogP contribution in [-0.4, -0.2) is 57.3 Å². The normalized spacial score (nSPS) is 13.5. The van der Waals surface area contributed by atoms with Crippen LogP contribution in [-0.2, 0) is 20.7 Å². The minimum Gasteiger partial charge on any atom is -0.508 e. The van der Waals surface area contributed by atoms with Gasteiger partial charge in [-0.1, -0.05) is 63.8 Å². The highest BCUT2D eigenvalue weighted by atomic mass is 16.6. The number of carbonyl (C=O) groups is 3. The molecule has 0 aliphatic rings. The van der Waals surface area contributed by atoms with Crippen molar-refractivity contribution in [3.8, 4) is 11.5 Å². The lowest BCUT2D eigenvalue weighted by Gasteiger charge is -2.35. The van der Waals surface area contributed by atoms with Gasteiger partial charge in [0.15, 0.2) is 0 Å². The number of nitrogens with one attached hydrogen (secondary N) is 2. The molecule has 0 aromatic heterocycles. The molecule has 0 bridgehead atoms. The molecule has 2 aromatic carbocycles. The summed E-state index contributed by atoms with van der Waals surface area (Å²) in [7, 11) is 0. The van der Waals surface area contributed by atoms with Crippen molar-refractivity contribution in [3.05, 3.63) is 59.7 Å². The standard InChI is InChI=1S/C33H49N3O6/c1-7-9-10-11-20-36(29(25-14-12-15-27(38)22-25)30(39)34-23(3)13-8-2)31(40)28(35-32(41)42-33(4,5)6)21-24-16-18-26(37)19-17-24/h12,14-19,22-23,28-29,37-38H,7-11,13,20-21H2,1-6H3,(H,34,39)(H,35,41). The third-order valence-electron chi connectivity index (χ3n) is 6.76. The summed E-state index contributed by atoms with van der Waals surface area (Å²) in [5.74, 6) is -0.734. The van der Waals surface area contributed by atoms with Gasteiger partial charge in [0.25, 0.3) is 0 Å². The number of amides is 3. The fraction of sp³-hybridized carbons (Fsp3) is 0.545. The smallest absolute Gasteiger partial charge is 0.408 e. The van der Waals surface area contributed by atoms with E-state index in [4.69, 9.17) is 4.74 Å². The lowest BCUT2D eigenvalue weighted by atomic mass is 9.99. The maximum atomic E-state index is 14.5. The van der Waals surface area contributed by atoms with E-state index in [0.29, 0.717) is 17.5 Å². The first-order valence-corrected chi connectivity index (χ1v) is 15.0. The predicted molar refractivity (Wildman–Crippen MR) is 164 cm³/mol.